The summed E-state index contributed by atoms with van der Waals surface area (Å²) in [5.41, 5.74) is 15.8. The Bertz CT molecular complexity index is 458. The second-order valence-corrected chi connectivity index (χ2v) is 3.69. The van der Waals surface area contributed by atoms with Crippen molar-refractivity contribution in [3.05, 3.63) is 35.4 Å². The minimum atomic E-state index is 0.795. The zero-order valence-corrected chi connectivity index (χ0v) is 8.46. The van der Waals surface area contributed by atoms with Gasteiger partial charge in [-0.3, -0.25) is 0 Å². The molecule has 4 N–H and O–H groups in total. The van der Waals surface area contributed by atoms with E-state index in [4.69, 9.17) is 11.5 Å². The quantitative estimate of drug-likeness (QED) is 0.621. The lowest BCUT2D eigenvalue weighted by molar-refractivity contribution is 1.47. The molecule has 0 saturated carbocycles. The summed E-state index contributed by atoms with van der Waals surface area (Å²) < 4.78 is 0. The SMILES string of the molecule is Cc1ccc2ccc(C)c(N)c2c1N. The molecule has 72 valence electrons. The van der Waals surface area contributed by atoms with Gasteiger partial charge in [0, 0.05) is 16.8 Å². The molecule has 0 saturated heterocycles. The molecule has 0 spiro atoms. The fraction of sp³-hybridized carbons (Fsp3) is 0.167. The van der Waals surface area contributed by atoms with Crippen LogP contribution in [0.2, 0.25) is 0 Å². The molecule has 0 aliphatic carbocycles. The Morgan fingerprint density at radius 3 is 1.64 bits per heavy atom. The highest BCUT2D eigenvalue weighted by Crippen LogP contribution is 2.31. The summed E-state index contributed by atoms with van der Waals surface area (Å²) in [5, 5.41) is 2.10. The van der Waals surface area contributed by atoms with Crippen LogP contribution < -0.4 is 11.5 Å². The minimum Gasteiger partial charge on any atom is -0.398 e. The molecule has 2 heteroatoms. The molecule has 2 aromatic rings. The summed E-state index contributed by atoms with van der Waals surface area (Å²) in [4.78, 5) is 0. The van der Waals surface area contributed by atoms with Crippen molar-refractivity contribution in [2.24, 2.45) is 0 Å². The van der Waals surface area contributed by atoms with Gasteiger partial charge >= 0.3 is 0 Å². The molecular formula is C12H14N2. The van der Waals surface area contributed by atoms with E-state index in [-0.39, 0.29) is 0 Å². The van der Waals surface area contributed by atoms with E-state index in [0.29, 0.717) is 0 Å². The molecule has 2 nitrogen and oxygen atoms in total. The van der Waals surface area contributed by atoms with E-state index in [9.17, 15) is 0 Å². The Morgan fingerprint density at radius 2 is 1.21 bits per heavy atom. The Hall–Kier alpha value is -1.70. The normalized spacial score (nSPS) is 10.7. The molecule has 0 amide bonds. The predicted molar refractivity (Wildman–Crippen MR) is 62.2 cm³/mol. The van der Waals surface area contributed by atoms with Gasteiger partial charge in [0.15, 0.2) is 0 Å². The fourth-order valence-electron chi connectivity index (χ4n) is 1.68. The summed E-state index contributed by atoms with van der Waals surface area (Å²) >= 11 is 0. The van der Waals surface area contributed by atoms with Gasteiger partial charge in [0.2, 0.25) is 0 Å². The maximum absolute atomic E-state index is 6.01. The third-order valence-electron chi connectivity index (χ3n) is 2.70. The summed E-state index contributed by atoms with van der Waals surface area (Å²) in [5.74, 6) is 0. The second kappa shape index (κ2) is 2.91. The molecule has 0 radical (unpaired) electrons. The summed E-state index contributed by atoms with van der Waals surface area (Å²) in [6.07, 6.45) is 0. The van der Waals surface area contributed by atoms with Gasteiger partial charge < -0.3 is 11.5 Å². The first-order valence-corrected chi connectivity index (χ1v) is 4.65. The van der Waals surface area contributed by atoms with Crippen molar-refractivity contribution >= 4 is 22.1 Å². The molecule has 2 rings (SSSR count). The van der Waals surface area contributed by atoms with Crippen LogP contribution in [0.5, 0.6) is 0 Å². The van der Waals surface area contributed by atoms with Crippen molar-refractivity contribution < 1.29 is 0 Å². The monoisotopic (exact) mass is 186 g/mol. The number of fused-ring (bicyclic) bond motifs is 1. The average molecular weight is 186 g/mol. The molecule has 14 heavy (non-hydrogen) atoms. The zero-order chi connectivity index (χ0) is 10.3. The van der Waals surface area contributed by atoms with Crippen molar-refractivity contribution in [1.82, 2.24) is 0 Å². The van der Waals surface area contributed by atoms with Gasteiger partial charge in [0.05, 0.1) is 0 Å². The number of benzene rings is 2. The van der Waals surface area contributed by atoms with Crippen LogP contribution in [0.3, 0.4) is 0 Å². The number of aryl methyl sites for hydroxylation is 2. The molecule has 0 aliphatic heterocycles. The first-order valence-electron chi connectivity index (χ1n) is 4.65. The average Bonchev–Trinajstić information content (AvgIpc) is 2.17. The van der Waals surface area contributed by atoms with E-state index in [1.165, 1.54) is 0 Å². The van der Waals surface area contributed by atoms with E-state index in [0.717, 1.165) is 33.3 Å². The maximum Gasteiger partial charge on any atom is 0.0444 e. The highest BCUT2D eigenvalue weighted by atomic mass is 14.6. The van der Waals surface area contributed by atoms with Crippen molar-refractivity contribution in [2.45, 2.75) is 13.8 Å². The number of nitrogen functional groups attached to an aromatic ring is 2. The van der Waals surface area contributed by atoms with Gasteiger partial charge in [0.1, 0.15) is 0 Å². The Morgan fingerprint density at radius 1 is 0.786 bits per heavy atom. The number of hydrogen-bond acceptors (Lipinski definition) is 2. The van der Waals surface area contributed by atoms with Crippen molar-refractivity contribution in [3.63, 3.8) is 0 Å². The lowest BCUT2D eigenvalue weighted by Crippen LogP contribution is -1.97. The zero-order valence-electron chi connectivity index (χ0n) is 8.46. The highest BCUT2D eigenvalue weighted by Gasteiger charge is 2.05. The molecule has 0 heterocycles. The van der Waals surface area contributed by atoms with Gasteiger partial charge in [-0.15, -0.1) is 0 Å². The van der Waals surface area contributed by atoms with Gasteiger partial charge in [-0.2, -0.15) is 0 Å². The molecule has 0 aliphatic rings. The van der Waals surface area contributed by atoms with E-state index in [1.54, 1.807) is 0 Å². The number of rotatable bonds is 0. The van der Waals surface area contributed by atoms with Crippen molar-refractivity contribution in [3.8, 4) is 0 Å². The Kier molecular flexibility index (Phi) is 1.84. The molecule has 0 unspecified atom stereocenters. The number of anilines is 2. The van der Waals surface area contributed by atoms with E-state index in [2.05, 4.69) is 12.1 Å². The van der Waals surface area contributed by atoms with Crippen LogP contribution in [0.15, 0.2) is 24.3 Å². The lowest BCUT2D eigenvalue weighted by atomic mass is 10.0. The summed E-state index contributed by atoms with van der Waals surface area (Å²) in [7, 11) is 0. The molecule has 0 fully saturated rings. The standard InChI is InChI=1S/C12H14N2/c1-7-3-5-9-6-4-8(2)12(14)10(9)11(7)13/h3-6H,13-14H2,1-2H3. The Labute approximate surface area is 83.5 Å². The van der Waals surface area contributed by atoms with Gasteiger partial charge in [-0.05, 0) is 30.4 Å². The van der Waals surface area contributed by atoms with Crippen LogP contribution in [0.1, 0.15) is 11.1 Å². The third kappa shape index (κ3) is 1.11. The van der Waals surface area contributed by atoms with Crippen LogP contribution in [-0.2, 0) is 0 Å². The third-order valence-corrected chi connectivity index (χ3v) is 2.70. The second-order valence-electron chi connectivity index (χ2n) is 3.69. The minimum absolute atomic E-state index is 0.795. The molecule has 0 atom stereocenters. The van der Waals surface area contributed by atoms with E-state index >= 15 is 0 Å². The molecule has 0 bridgehead atoms. The van der Waals surface area contributed by atoms with Gasteiger partial charge in [-0.25, -0.2) is 0 Å². The topological polar surface area (TPSA) is 52.0 Å². The van der Waals surface area contributed by atoms with Gasteiger partial charge in [-0.1, -0.05) is 24.3 Å². The smallest absolute Gasteiger partial charge is 0.0444 e. The number of hydrogen-bond donors (Lipinski definition) is 2. The first kappa shape index (κ1) is 8.88. The van der Waals surface area contributed by atoms with Crippen molar-refractivity contribution in [2.75, 3.05) is 11.5 Å². The van der Waals surface area contributed by atoms with Gasteiger partial charge in [0.25, 0.3) is 0 Å². The van der Waals surface area contributed by atoms with Crippen molar-refractivity contribution in [1.29, 1.82) is 0 Å². The molecule has 2 aromatic carbocycles. The van der Waals surface area contributed by atoms with Crippen LogP contribution in [0, 0.1) is 13.8 Å². The van der Waals surface area contributed by atoms with E-state index in [1.807, 2.05) is 26.0 Å². The highest BCUT2D eigenvalue weighted by molar-refractivity contribution is 6.03. The molecular weight excluding hydrogens is 172 g/mol. The van der Waals surface area contributed by atoms with Crippen LogP contribution >= 0.6 is 0 Å². The first-order chi connectivity index (χ1) is 6.61. The molecule has 0 aromatic heterocycles. The van der Waals surface area contributed by atoms with Crippen LogP contribution in [0.4, 0.5) is 11.4 Å². The maximum atomic E-state index is 6.01. The largest absolute Gasteiger partial charge is 0.398 e. The fourth-order valence-corrected chi connectivity index (χ4v) is 1.68. The predicted octanol–water partition coefficient (Wildman–Crippen LogP) is 2.62. The summed E-state index contributed by atoms with van der Waals surface area (Å²) in [6, 6.07) is 8.15. The lowest BCUT2D eigenvalue weighted by Gasteiger charge is -2.10. The summed E-state index contributed by atoms with van der Waals surface area (Å²) in [6.45, 7) is 3.99. The van der Waals surface area contributed by atoms with Crippen LogP contribution in [-0.4, -0.2) is 0 Å². The Balaban J connectivity index is 2.98. The van der Waals surface area contributed by atoms with E-state index < -0.39 is 0 Å². The van der Waals surface area contributed by atoms with Crippen LogP contribution in [0.25, 0.3) is 10.8 Å². The number of nitrogens with two attached hydrogens (primary N) is 2.